The summed E-state index contributed by atoms with van der Waals surface area (Å²) in [6.45, 7) is 9.40. The van der Waals surface area contributed by atoms with Crippen LogP contribution in [0.15, 0.2) is 60.3 Å². The van der Waals surface area contributed by atoms with Crippen LogP contribution in [0, 0.1) is 17.7 Å². The number of allylic oxidation sites excluding steroid dienone is 1. The van der Waals surface area contributed by atoms with E-state index < -0.39 is 23.1 Å². The predicted molar refractivity (Wildman–Crippen MR) is 144 cm³/mol. The molecule has 8 heteroatoms. The first-order valence-corrected chi connectivity index (χ1v) is 13.5. The summed E-state index contributed by atoms with van der Waals surface area (Å²) in [5.74, 6) is -3.51. The molecular formula is C30H37F4N4. The number of hydrogen-bond acceptors (Lipinski definition) is 4. The third-order valence-electron chi connectivity index (χ3n) is 7.40. The van der Waals surface area contributed by atoms with E-state index in [0.29, 0.717) is 19.6 Å². The SMILES string of the molecule is CCN(CC)CCNC1(F)C=[C]C(F)(c2cccc(F)c2)C(NCCN2CCCC2)=C1c1cccc(F)c1. The topological polar surface area (TPSA) is 30.5 Å². The Kier molecular flexibility index (Phi) is 9.28. The maximum atomic E-state index is 17.0. The highest BCUT2D eigenvalue weighted by Gasteiger charge is 2.48. The van der Waals surface area contributed by atoms with E-state index in [4.69, 9.17) is 0 Å². The Morgan fingerprint density at radius 2 is 1.63 bits per heavy atom. The summed E-state index contributed by atoms with van der Waals surface area (Å²) in [5, 5.41) is 6.08. The third kappa shape index (κ3) is 6.30. The van der Waals surface area contributed by atoms with Crippen molar-refractivity contribution in [3.8, 4) is 0 Å². The Balaban J connectivity index is 1.79. The molecule has 4 nitrogen and oxygen atoms in total. The van der Waals surface area contributed by atoms with Crippen LogP contribution in [0.5, 0.6) is 0 Å². The van der Waals surface area contributed by atoms with Gasteiger partial charge in [-0.25, -0.2) is 17.6 Å². The van der Waals surface area contributed by atoms with Gasteiger partial charge in [0.1, 0.15) is 11.6 Å². The van der Waals surface area contributed by atoms with E-state index in [2.05, 4.69) is 26.5 Å². The van der Waals surface area contributed by atoms with Gasteiger partial charge in [-0.2, -0.15) is 0 Å². The van der Waals surface area contributed by atoms with E-state index in [0.717, 1.165) is 51.2 Å². The fourth-order valence-corrected chi connectivity index (χ4v) is 5.26. The third-order valence-corrected chi connectivity index (χ3v) is 7.40. The van der Waals surface area contributed by atoms with Crippen LogP contribution >= 0.6 is 0 Å². The van der Waals surface area contributed by atoms with Crippen LogP contribution in [-0.4, -0.2) is 68.0 Å². The molecule has 0 amide bonds. The molecular weight excluding hydrogens is 492 g/mol. The van der Waals surface area contributed by atoms with Gasteiger partial charge in [0.25, 0.3) is 0 Å². The highest BCUT2D eigenvalue weighted by Crippen LogP contribution is 2.46. The van der Waals surface area contributed by atoms with Crippen molar-refractivity contribution in [2.75, 3.05) is 52.4 Å². The van der Waals surface area contributed by atoms with Gasteiger partial charge in [-0.15, -0.1) is 0 Å². The molecule has 0 spiro atoms. The van der Waals surface area contributed by atoms with Gasteiger partial charge < -0.3 is 15.1 Å². The van der Waals surface area contributed by atoms with Gasteiger partial charge in [0, 0.05) is 43.4 Å². The Morgan fingerprint density at radius 1 is 0.947 bits per heavy atom. The smallest absolute Gasteiger partial charge is 0.209 e. The highest BCUT2D eigenvalue weighted by atomic mass is 19.2. The number of hydrogen-bond donors (Lipinski definition) is 2. The lowest BCUT2D eigenvalue weighted by atomic mass is 9.79. The van der Waals surface area contributed by atoms with Gasteiger partial charge in [0.05, 0.1) is 5.70 Å². The molecule has 1 fully saturated rings. The van der Waals surface area contributed by atoms with Gasteiger partial charge in [-0.3, -0.25) is 5.32 Å². The molecule has 1 heterocycles. The van der Waals surface area contributed by atoms with Crippen molar-refractivity contribution in [2.24, 2.45) is 0 Å². The number of alkyl halides is 2. The van der Waals surface area contributed by atoms with Crippen LogP contribution < -0.4 is 10.6 Å². The zero-order valence-corrected chi connectivity index (χ0v) is 22.2. The molecule has 2 N–H and O–H groups in total. The molecule has 0 bridgehead atoms. The van der Waals surface area contributed by atoms with Crippen molar-refractivity contribution in [1.82, 2.24) is 20.4 Å². The van der Waals surface area contributed by atoms with Crippen molar-refractivity contribution >= 4 is 5.57 Å². The normalized spacial score (nSPS) is 24.0. The summed E-state index contributed by atoms with van der Waals surface area (Å²) < 4.78 is 62.6. The second-order valence-electron chi connectivity index (χ2n) is 9.86. The predicted octanol–water partition coefficient (Wildman–Crippen LogP) is 5.20. The summed E-state index contributed by atoms with van der Waals surface area (Å²) >= 11 is 0. The fourth-order valence-electron chi connectivity index (χ4n) is 5.26. The quantitative estimate of drug-likeness (QED) is 0.293. The summed E-state index contributed by atoms with van der Waals surface area (Å²) in [6.07, 6.45) is 5.83. The molecule has 38 heavy (non-hydrogen) atoms. The lowest BCUT2D eigenvalue weighted by molar-refractivity contribution is 0.196. The molecule has 205 valence electrons. The lowest BCUT2D eigenvalue weighted by Crippen LogP contribution is -2.50. The fraction of sp³-hybridized carbons (Fsp3) is 0.467. The van der Waals surface area contributed by atoms with Crippen molar-refractivity contribution in [3.05, 3.63) is 89.1 Å². The second kappa shape index (κ2) is 12.5. The van der Waals surface area contributed by atoms with E-state index in [-0.39, 0.29) is 28.9 Å². The van der Waals surface area contributed by atoms with Gasteiger partial charge >= 0.3 is 0 Å². The highest BCUT2D eigenvalue weighted by molar-refractivity contribution is 5.79. The monoisotopic (exact) mass is 529 g/mol. The molecule has 2 aromatic carbocycles. The molecule has 1 aliphatic carbocycles. The first-order valence-electron chi connectivity index (χ1n) is 13.5. The molecule has 2 atom stereocenters. The molecule has 4 rings (SSSR count). The number of rotatable bonds is 12. The summed E-state index contributed by atoms with van der Waals surface area (Å²) in [6, 6.07) is 10.7. The first kappa shape index (κ1) is 28.3. The molecule has 1 radical (unpaired) electrons. The van der Waals surface area contributed by atoms with Crippen LogP contribution in [0.25, 0.3) is 5.57 Å². The zero-order chi connectivity index (χ0) is 27.2. The van der Waals surface area contributed by atoms with Gasteiger partial charge in [0.2, 0.25) is 11.5 Å². The van der Waals surface area contributed by atoms with Gasteiger partial charge in [-0.1, -0.05) is 38.1 Å². The Morgan fingerprint density at radius 3 is 2.29 bits per heavy atom. The van der Waals surface area contributed by atoms with Gasteiger partial charge in [-0.05, 0) is 74.9 Å². The molecule has 2 aromatic rings. The standard InChI is InChI=1S/C30H37F4N4/c1-3-37(4-2)20-16-36-30(34)14-13-29(33,24-10-8-12-26(32)22-24)28(35-15-19-38-17-5-6-18-38)27(30)23-9-7-11-25(31)21-23/h7-12,14,21-22,35-36H,3-6,15-20H2,1-2H3. The van der Waals surface area contributed by atoms with Crippen LogP contribution in [0.4, 0.5) is 17.6 Å². The van der Waals surface area contributed by atoms with Crippen molar-refractivity contribution in [2.45, 2.75) is 38.2 Å². The average Bonchev–Trinajstić information content (AvgIpc) is 3.42. The molecule has 1 saturated heterocycles. The largest absolute Gasteiger partial charge is 0.383 e. The Hall–Kier alpha value is -2.68. The number of nitrogens with zero attached hydrogens (tertiary/aromatic N) is 2. The van der Waals surface area contributed by atoms with Crippen LogP contribution in [0.1, 0.15) is 37.8 Å². The van der Waals surface area contributed by atoms with E-state index in [9.17, 15) is 8.78 Å². The minimum atomic E-state index is -2.47. The van der Waals surface area contributed by atoms with Crippen LogP contribution in [0.3, 0.4) is 0 Å². The number of nitrogens with one attached hydrogen (secondary N) is 2. The van der Waals surface area contributed by atoms with Crippen molar-refractivity contribution in [3.63, 3.8) is 0 Å². The van der Waals surface area contributed by atoms with E-state index >= 15 is 8.78 Å². The van der Waals surface area contributed by atoms with Crippen molar-refractivity contribution in [1.29, 1.82) is 0 Å². The Bertz CT molecular complexity index is 1140. The average molecular weight is 530 g/mol. The van der Waals surface area contributed by atoms with E-state index in [1.165, 1.54) is 36.4 Å². The molecule has 1 aliphatic heterocycles. The van der Waals surface area contributed by atoms with E-state index in [1.807, 2.05) is 13.8 Å². The molecule has 0 saturated carbocycles. The number of likely N-dealkylation sites (N-methyl/N-ethyl adjacent to an activating group) is 1. The van der Waals surface area contributed by atoms with E-state index in [1.54, 1.807) is 6.07 Å². The molecule has 0 aromatic heterocycles. The van der Waals surface area contributed by atoms with Crippen LogP contribution in [0.2, 0.25) is 0 Å². The van der Waals surface area contributed by atoms with Crippen molar-refractivity contribution < 1.29 is 17.6 Å². The summed E-state index contributed by atoms with van der Waals surface area (Å²) in [7, 11) is 0. The summed E-state index contributed by atoms with van der Waals surface area (Å²) in [4.78, 5) is 4.39. The summed E-state index contributed by atoms with van der Waals surface area (Å²) in [5.41, 5.74) is -2.46. The first-order chi connectivity index (χ1) is 18.3. The Labute approximate surface area is 223 Å². The maximum absolute atomic E-state index is 17.0. The molecule has 2 unspecified atom stereocenters. The number of likely N-dealkylation sites (tertiary alicyclic amines) is 1. The second-order valence-corrected chi connectivity index (χ2v) is 9.86. The maximum Gasteiger partial charge on any atom is 0.209 e. The lowest BCUT2D eigenvalue weighted by Gasteiger charge is -2.39. The number of benzene rings is 2. The van der Waals surface area contributed by atoms with Gasteiger partial charge in [0.15, 0.2) is 0 Å². The molecule has 2 aliphatic rings. The number of halogens is 4. The minimum absolute atomic E-state index is 0.0171. The van der Waals surface area contributed by atoms with Crippen LogP contribution in [-0.2, 0) is 5.67 Å². The zero-order valence-electron chi connectivity index (χ0n) is 22.2. The minimum Gasteiger partial charge on any atom is -0.383 e.